The normalized spacial score (nSPS) is 17.3. The molecule has 0 bridgehead atoms. The molecule has 0 saturated heterocycles. The van der Waals surface area contributed by atoms with Crippen LogP contribution in [0, 0.1) is 0 Å². The van der Waals surface area contributed by atoms with Gasteiger partial charge >= 0.3 is 0 Å². The van der Waals surface area contributed by atoms with Gasteiger partial charge in [-0.25, -0.2) is 8.42 Å². The molecule has 134 valence electrons. The van der Waals surface area contributed by atoms with Crippen LogP contribution in [0.3, 0.4) is 0 Å². The number of hydrogen-bond acceptors (Lipinski definition) is 3. The number of nitrogens with zero attached hydrogens (tertiary/aromatic N) is 1. The maximum absolute atomic E-state index is 12.6. The Morgan fingerprint density at radius 1 is 1.25 bits per heavy atom. The van der Waals surface area contributed by atoms with Crippen molar-refractivity contribution in [3.63, 3.8) is 0 Å². The highest BCUT2D eigenvalue weighted by molar-refractivity contribution is 7.92. The minimum absolute atomic E-state index is 0.102. The number of halogens is 2. The van der Waals surface area contributed by atoms with Crippen LogP contribution < -0.4 is 9.62 Å². The van der Waals surface area contributed by atoms with Crippen molar-refractivity contribution in [2.75, 3.05) is 10.6 Å². The zero-order chi connectivity index (χ0) is 17.9. The maximum Gasteiger partial charge on any atom is 0.243 e. The van der Waals surface area contributed by atoms with Crippen LogP contribution in [0.25, 0.3) is 0 Å². The summed E-state index contributed by atoms with van der Waals surface area (Å²) in [5.74, 6) is -0.330. The Hall–Kier alpha value is -0.980. The molecular formula is C16H22Cl2N2O3S. The largest absolute Gasteiger partial charge is 0.352 e. The summed E-state index contributed by atoms with van der Waals surface area (Å²) >= 11 is 12.1. The van der Waals surface area contributed by atoms with Gasteiger partial charge in [0, 0.05) is 11.1 Å². The fourth-order valence-electron chi connectivity index (χ4n) is 3.00. The Labute approximate surface area is 153 Å². The molecule has 1 aliphatic rings. The first-order valence-electron chi connectivity index (χ1n) is 7.95. The van der Waals surface area contributed by atoms with E-state index >= 15 is 0 Å². The predicted molar refractivity (Wildman–Crippen MR) is 98.3 cm³/mol. The SMILES string of the molecule is CC(C(=O)NC1CCCCC1)N(c1cc(Cl)ccc1Cl)S(C)(=O)=O. The molecule has 1 N–H and O–H groups in total. The van der Waals surface area contributed by atoms with Gasteiger partial charge in [-0.2, -0.15) is 0 Å². The number of sulfonamides is 1. The first kappa shape index (κ1) is 19.3. The van der Waals surface area contributed by atoms with Crippen LogP contribution in [-0.2, 0) is 14.8 Å². The van der Waals surface area contributed by atoms with E-state index in [1.807, 2.05) is 0 Å². The summed E-state index contributed by atoms with van der Waals surface area (Å²) in [5.41, 5.74) is 0.206. The van der Waals surface area contributed by atoms with Crippen LogP contribution in [0.15, 0.2) is 18.2 Å². The molecule has 1 atom stereocenters. The number of amides is 1. The van der Waals surface area contributed by atoms with E-state index in [1.54, 1.807) is 13.0 Å². The maximum atomic E-state index is 12.6. The molecule has 1 amide bonds. The summed E-state index contributed by atoms with van der Waals surface area (Å²) in [6.07, 6.45) is 6.24. The van der Waals surface area contributed by atoms with Gasteiger partial charge in [0.15, 0.2) is 0 Å². The summed E-state index contributed by atoms with van der Waals surface area (Å²) in [6, 6.07) is 3.72. The molecule has 1 saturated carbocycles. The van der Waals surface area contributed by atoms with Crippen LogP contribution >= 0.6 is 23.2 Å². The van der Waals surface area contributed by atoms with Gasteiger partial charge in [-0.05, 0) is 38.0 Å². The number of carbonyl (C=O) groups is 1. The number of hydrogen-bond donors (Lipinski definition) is 1. The summed E-state index contributed by atoms with van der Waals surface area (Å²) in [4.78, 5) is 12.6. The van der Waals surface area contributed by atoms with Crippen LogP contribution in [0.1, 0.15) is 39.0 Å². The van der Waals surface area contributed by atoms with E-state index in [0.29, 0.717) is 5.02 Å². The fraction of sp³-hybridized carbons (Fsp3) is 0.562. The molecule has 1 aliphatic carbocycles. The highest BCUT2D eigenvalue weighted by Crippen LogP contribution is 2.32. The number of nitrogens with one attached hydrogen (secondary N) is 1. The van der Waals surface area contributed by atoms with E-state index in [0.717, 1.165) is 36.2 Å². The lowest BCUT2D eigenvalue weighted by Crippen LogP contribution is -2.50. The van der Waals surface area contributed by atoms with Gasteiger partial charge in [0.25, 0.3) is 0 Å². The van der Waals surface area contributed by atoms with Crippen molar-refractivity contribution in [3.8, 4) is 0 Å². The molecule has 1 aromatic carbocycles. The van der Waals surface area contributed by atoms with E-state index in [1.165, 1.54) is 18.6 Å². The second kappa shape index (κ2) is 7.93. The Bertz CT molecular complexity index is 703. The van der Waals surface area contributed by atoms with E-state index in [9.17, 15) is 13.2 Å². The second-order valence-electron chi connectivity index (χ2n) is 6.17. The number of benzene rings is 1. The van der Waals surface area contributed by atoms with Gasteiger partial charge in [-0.15, -0.1) is 0 Å². The van der Waals surface area contributed by atoms with Crippen molar-refractivity contribution in [1.29, 1.82) is 0 Å². The minimum Gasteiger partial charge on any atom is -0.352 e. The van der Waals surface area contributed by atoms with E-state index in [4.69, 9.17) is 23.2 Å². The summed E-state index contributed by atoms with van der Waals surface area (Å²) in [6.45, 7) is 1.55. The van der Waals surface area contributed by atoms with E-state index < -0.39 is 16.1 Å². The van der Waals surface area contributed by atoms with Crippen LogP contribution in [0.2, 0.25) is 10.0 Å². The molecule has 0 radical (unpaired) electrons. The molecule has 2 rings (SSSR count). The van der Waals surface area contributed by atoms with Crippen molar-refractivity contribution >= 4 is 44.8 Å². The van der Waals surface area contributed by atoms with E-state index in [-0.39, 0.29) is 22.7 Å². The lowest BCUT2D eigenvalue weighted by molar-refractivity contribution is -0.122. The summed E-state index contributed by atoms with van der Waals surface area (Å²) in [7, 11) is -3.71. The molecule has 0 heterocycles. The number of carbonyl (C=O) groups excluding carboxylic acids is 1. The van der Waals surface area contributed by atoms with Gasteiger partial charge in [0.05, 0.1) is 17.0 Å². The monoisotopic (exact) mass is 392 g/mol. The van der Waals surface area contributed by atoms with Crippen LogP contribution in [0.4, 0.5) is 5.69 Å². The Kier molecular flexibility index (Phi) is 6.39. The quantitative estimate of drug-likeness (QED) is 0.831. The van der Waals surface area contributed by atoms with Crippen molar-refractivity contribution in [2.45, 2.75) is 51.1 Å². The number of anilines is 1. The average molecular weight is 393 g/mol. The van der Waals surface area contributed by atoms with Gasteiger partial charge < -0.3 is 5.32 Å². The third-order valence-corrected chi connectivity index (χ3v) is 5.97. The van der Waals surface area contributed by atoms with Gasteiger partial charge in [-0.3, -0.25) is 9.10 Å². The number of rotatable bonds is 5. The lowest BCUT2D eigenvalue weighted by atomic mass is 9.95. The predicted octanol–water partition coefficient (Wildman–Crippen LogP) is 3.60. The van der Waals surface area contributed by atoms with Crippen molar-refractivity contribution in [3.05, 3.63) is 28.2 Å². The van der Waals surface area contributed by atoms with Crippen molar-refractivity contribution in [1.82, 2.24) is 5.32 Å². The van der Waals surface area contributed by atoms with Crippen LogP contribution in [0.5, 0.6) is 0 Å². The molecular weight excluding hydrogens is 371 g/mol. The van der Waals surface area contributed by atoms with E-state index in [2.05, 4.69) is 5.32 Å². The molecule has 1 aromatic rings. The summed E-state index contributed by atoms with van der Waals surface area (Å²) in [5, 5.41) is 3.53. The first-order chi connectivity index (χ1) is 11.2. The third kappa shape index (κ3) is 4.77. The second-order valence-corrected chi connectivity index (χ2v) is 8.88. The van der Waals surface area contributed by atoms with Gasteiger partial charge in [0.1, 0.15) is 6.04 Å². The smallest absolute Gasteiger partial charge is 0.243 e. The molecule has 8 heteroatoms. The Morgan fingerprint density at radius 2 is 1.88 bits per heavy atom. The molecule has 0 aliphatic heterocycles. The van der Waals surface area contributed by atoms with Gasteiger partial charge in [-0.1, -0.05) is 42.5 Å². The zero-order valence-corrected chi connectivity index (χ0v) is 16.1. The van der Waals surface area contributed by atoms with Gasteiger partial charge in [0.2, 0.25) is 15.9 Å². The Morgan fingerprint density at radius 3 is 2.46 bits per heavy atom. The molecule has 0 aromatic heterocycles. The minimum atomic E-state index is -3.71. The first-order valence-corrected chi connectivity index (χ1v) is 10.6. The topological polar surface area (TPSA) is 66.5 Å². The molecule has 5 nitrogen and oxygen atoms in total. The van der Waals surface area contributed by atoms with Crippen LogP contribution in [-0.4, -0.2) is 32.7 Å². The fourth-order valence-corrected chi connectivity index (χ4v) is 4.61. The lowest BCUT2D eigenvalue weighted by Gasteiger charge is -2.31. The van der Waals surface area contributed by atoms with Crippen molar-refractivity contribution < 1.29 is 13.2 Å². The highest BCUT2D eigenvalue weighted by Gasteiger charge is 2.31. The third-order valence-electron chi connectivity index (χ3n) is 4.19. The van der Waals surface area contributed by atoms with Crippen molar-refractivity contribution in [2.24, 2.45) is 0 Å². The average Bonchev–Trinajstić information content (AvgIpc) is 2.50. The highest BCUT2D eigenvalue weighted by atomic mass is 35.5. The molecule has 1 fully saturated rings. The molecule has 24 heavy (non-hydrogen) atoms. The molecule has 1 unspecified atom stereocenters. The summed E-state index contributed by atoms with van der Waals surface area (Å²) < 4.78 is 25.6. The zero-order valence-electron chi connectivity index (χ0n) is 13.8. The Balaban J connectivity index is 2.27. The molecule has 0 spiro atoms. The standard InChI is InChI=1S/C16H22Cl2N2O3S/c1-11(16(21)19-13-6-4-3-5-7-13)20(24(2,22)23)15-10-12(17)8-9-14(15)18/h8-11,13H,3-7H2,1-2H3,(H,19,21).